The topological polar surface area (TPSA) is 119 Å². The first-order valence-electron chi connectivity index (χ1n) is 6.28. The molecule has 0 saturated carbocycles. The molecule has 2 amide bonds. The summed E-state index contributed by atoms with van der Waals surface area (Å²) in [6.07, 6.45) is 1.43. The number of carbonyl (C=O) groups excluding carboxylic acids is 2. The van der Waals surface area contributed by atoms with Crippen LogP contribution >= 0.6 is 0 Å². The highest BCUT2D eigenvalue weighted by Gasteiger charge is 2.24. The van der Waals surface area contributed by atoms with E-state index in [4.69, 9.17) is 5.73 Å². The van der Waals surface area contributed by atoms with E-state index >= 15 is 0 Å². The number of primary amides is 1. The molecule has 0 fully saturated rings. The first-order valence-corrected chi connectivity index (χ1v) is 6.28. The smallest absolute Gasteiger partial charge is 0.272 e. The molecule has 2 aromatic heterocycles. The number of rotatable bonds is 3. The third-order valence-electron chi connectivity index (χ3n) is 3.21. The van der Waals surface area contributed by atoms with Crippen molar-refractivity contribution in [3.05, 3.63) is 29.7 Å². The van der Waals surface area contributed by atoms with Crippen molar-refractivity contribution >= 4 is 23.3 Å². The lowest BCUT2D eigenvalue weighted by Gasteiger charge is -2.22. The Morgan fingerprint density at radius 1 is 1.43 bits per heavy atom. The highest BCUT2D eigenvalue weighted by Crippen LogP contribution is 2.20. The van der Waals surface area contributed by atoms with Crippen molar-refractivity contribution in [3.63, 3.8) is 0 Å². The van der Waals surface area contributed by atoms with E-state index in [2.05, 4.69) is 20.6 Å². The van der Waals surface area contributed by atoms with Crippen LogP contribution < -0.4 is 11.1 Å². The number of nitrogens with zero attached hydrogens (tertiary/aromatic N) is 5. The minimum absolute atomic E-state index is 0.0203. The Hall–Kier alpha value is -2.97. The van der Waals surface area contributed by atoms with Gasteiger partial charge in [0.25, 0.3) is 11.8 Å². The SMILES string of the molecule is CN1CCn2nc(Nc3ccnnc3C(N)=O)cc2C1=O. The predicted molar refractivity (Wildman–Crippen MR) is 73.0 cm³/mol. The van der Waals surface area contributed by atoms with Gasteiger partial charge in [-0.15, -0.1) is 5.10 Å². The van der Waals surface area contributed by atoms with Gasteiger partial charge in [-0.3, -0.25) is 14.3 Å². The molecule has 9 nitrogen and oxygen atoms in total. The average Bonchev–Trinajstić information content (AvgIpc) is 2.87. The largest absolute Gasteiger partial charge is 0.364 e. The molecule has 0 radical (unpaired) electrons. The Morgan fingerprint density at radius 3 is 3.00 bits per heavy atom. The van der Waals surface area contributed by atoms with Crippen molar-refractivity contribution in [2.45, 2.75) is 6.54 Å². The predicted octanol–water partition coefficient (Wildman–Crippen LogP) is -0.399. The molecule has 0 unspecified atom stereocenters. The van der Waals surface area contributed by atoms with E-state index in [1.807, 2.05) is 0 Å². The number of hydrogen-bond donors (Lipinski definition) is 2. The maximum Gasteiger partial charge on any atom is 0.272 e. The monoisotopic (exact) mass is 287 g/mol. The minimum Gasteiger partial charge on any atom is -0.364 e. The van der Waals surface area contributed by atoms with Crippen LogP contribution in [0.4, 0.5) is 11.5 Å². The number of carbonyl (C=O) groups is 2. The van der Waals surface area contributed by atoms with Crippen LogP contribution in [0.5, 0.6) is 0 Å². The number of hydrogen-bond acceptors (Lipinski definition) is 6. The summed E-state index contributed by atoms with van der Waals surface area (Å²) in [4.78, 5) is 24.9. The summed E-state index contributed by atoms with van der Waals surface area (Å²) in [5, 5.41) is 14.5. The van der Waals surface area contributed by atoms with Crippen molar-refractivity contribution in [1.82, 2.24) is 24.9 Å². The molecule has 1 aliphatic heterocycles. The van der Waals surface area contributed by atoms with Crippen molar-refractivity contribution in [3.8, 4) is 0 Å². The molecule has 3 N–H and O–H groups in total. The molecule has 0 bridgehead atoms. The molecular weight excluding hydrogens is 274 g/mol. The van der Waals surface area contributed by atoms with E-state index in [1.165, 1.54) is 6.20 Å². The summed E-state index contributed by atoms with van der Waals surface area (Å²) in [7, 11) is 1.74. The van der Waals surface area contributed by atoms with Crippen LogP contribution in [0.3, 0.4) is 0 Å². The lowest BCUT2D eigenvalue weighted by atomic mass is 10.3. The van der Waals surface area contributed by atoms with Crippen molar-refractivity contribution < 1.29 is 9.59 Å². The van der Waals surface area contributed by atoms with E-state index in [9.17, 15) is 9.59 Å². The molecule has 0 spiro atoms. The van der Waals surface area contributed by atoms with E-state index in [1.54, 1.807) is 28.8 Å². The summed E-state index contributed by atoms with van der Waals surface area (Å²) in [6.45, 7) is 1.23. The summed E-state index contributed by atoms with van der Waals surface area (Å²) in [6, 6.07) is 3.20. The van der Waals surface area contributed by atoms with Gasteiger partial charge in [0.1, 0.15) is 5.69 Å². The van der Waals surface area contributed by atoms with Crippen LogP contribution in [0.15, 0.2) is 18.3 Å². The van der Waals surface area contributed by atoms with Crippen molar-refractivity contribution in [2.24, 2.45) is 5.73 Å². The summed E-state index contributed by atoms with van der Waals surface area (Å²) >= 11 is 0. The van der Waals surface area contributed by atoms with Crippen molar-refractivity contribution in [2.75, 3.05) is 18.9 Å². The Morgan fingerprint density at radius 2 is 2.24 bits per heavy atom. The first-order chi connectivity index (χ1) is 10.1. The van der Waals surface area contributed by atoms with Crippen LogP contribution in [0.2, 0.25) is 0 Å². The Kier molecular flexibility index (Phi) is 3.01. The molecule has 0 aliphatic carbocycles. The number of aromatic nitrogens is 4. The van der Waals surface area contributed by atoms with Gasteiger partial charge in [0.2, 0.25) is 0 Å². The molecule has 108 valence electrons. The fourth-order valence-electron chi connectivity index (χ4n) is 2.11. The van der Waals surface area contributed by atoms with Gasteiger partial charge in [0.15, 0.2) is 11.5 Å². The van der Waals surface area contributed by atoms with Gasteiger partial charge >= 0.3 is 0 Å². The maximum absolute atomic E-state index is 12.0. The molecular formula is C12H13N7O2. The van der Waals surface area contributed by atoms with Gasteiger partial charge in [-0.1, -0.05) is 0 Å². The van der Waals surface area contributed by atoms with Gasteiger partial charge in [-0.25, -0.2) is 0 Å². The van der Waals surface area contributed by atoms with Gasteiger partial charge in [-0.05, 0) is 6.07 Å². The molecule has 2 aromatic rings. The number of nitrogens with one attached hydrogen (secondary N) is 1. The molecule has 0 saturated heterocycles. The van der Waals surface area contributed by atoms with Gasteiger partial charge in [-0.2, -0.15) is 10.2 Å². The lowest BCUT2D eigenvalue weighted by Crippen LogP contribution is -2.37. The average molecular weight is 287 g/mol. The van der Waals surface area contributed by atoms with E-state index in [0.717, 1.165) is 0 Å². The quantitative estimate of drug-likeness (QED) is 0.792. The maximum atomic E-state index is 12.0. The number of likely N-dealkylation sites (N-methyl/N-ethyl adjacent to an activating group) is 1. The second-order valence-electron chi connectivity index (χ2n) is 4.65. The van der Waals surface area contributed by atoms with Crippen LogP contribution in [0, 0.1) is 0 Å². The second-order valence-corrected chi connectivity index (χ2v) is 4.65. The van der Waals surface area contributed by atoms with Gasteiger partial charge < -0.3 is 16.0 Å². The summed E-state index contributed by atoms with van der Waals surface area (Å²) in [5.41, 5.74) is 6.15. The van der Waals surface area contributed by atoms with Crippen LogP contribution in [-0.4, -0.2) is 50.3 Å². The van der Waals surface area contributed by atoms with Crippen LogP contribution in [0.25, 0.3) is 0 Å². The van der Waals surface area contributed by atoms with E-state index in [0.29, 0.717) is 30.3 Å². The third-order valence-corrected chi connectivity index (χ3v) is 3.21. The fourth-order valence-corrected chi connectivity index (χ4v) is 2.11. The molecule has 1 aliphatic rings. The van der Waals surface area contributed by atoms with Crippen molar-refractivity contribution in [1.29, 1.82) is 0 Å². The Labute approximate surface area is 119 Å². The van der Waals surface area contributed by atoms with Crippen LogP contribution in [-0.2, 0) is 6.54 Å². The minimum atomic E-state index is -0.689. The summed E-state index contributed by atoms with van der Waals surface area (Å²) in [5.74, 6) is -0.334. The highest BCUT2D eigenvalue weighted by atomic mass is 16.2. The zero-order chi connectivity index (χ0) is 15.0. The molecule has 9 heteroatoms. The Bertz CT molecular complexity index is 724. The molecule has 3 heterocycles. The lowest BCUT2D eigenvalue weighted by molar-refractivity contribution is 0.0742. The third kappa shape index (κ3) is 2.29. The van der Waals surface area contributed by atoms with E-state index < -0.39 is 5.91 Å². The van der Waals surface area contributed by atoms with Crippen LogP contribution in [0.1, 0.15) is 21.0 Å². The highest BCUT2D eigenvalue weighted by molar-refractivity contribution is 5.97. The normalized spacial score (nSPS) is 14.0. The standard InChI is InChI=1S/C12H13N7O2/c1-18-4-5-19-8(12(18)21)6-9(17-19)15-7-2-3-14-16-10(7)11(13)20/h2-3,6H,4-5H2,1H3,(H2,13,20)(H,14,15,17). The zero-order valence-corrected chi connectivity index (χ0v) is 11.3. The Balaban J connectivity index is 1.92. The van der Waals surface area contributed by atoms with Gasteiger partial charge in [0, 0.05) is 19.7 Å². The van der Waals surface area contributed by atoms with Gasteiger partial charge in [0.05, 0.1) is 18.4 Å². The van der Waals surface area contributed by atoms with E-state index in [-0.39, 0.29) is 11.6 Å². The molecule has 0 aromatic carbocycles. The molecule has 21 heavy (non-hydrogen) atoms. The second kappa shape index (κ2) is 4.85. The molecule has 3 rings (SSSR count). The number of amides is 2. The number of anilines is 2. The molecule has 0 atom stereocenters. The summed E-state index contributed by atoms with van der Waals surface area (Å²) < 4.78 is 1.63. The fraction of sp³-hybridized carbons (Fsp3) is 0.250. The number of nitrogens with two attached hydrogens (primary N) is 1. The zero-order valence-electron chi connectivity index (χ0n) is 11.3. The number of fused-ring (bicyclic) bond motifs is 1. The first kappa shape index (κ1) is 13.0.